The Morgan fingerprint density at radius 3 is 2.34 bits per heavy atom. The third-order valence-corrected chi connectivity index (χ3v) is 5.47. The van der Waals surface area contributed by atoms with E-state index in [0.717, 1.165) is 11.1 Å². The number of H-pyrrole nitrogens is 1. The Morgan fingerprint density at radius 1 is 1.03 bits per heavy atom. The minimum Gasteiger partial charge on any atom is -0.469 e. The van der Waals surface area contributed by atoms with E-state index in [9.17, 15) is 19.7 Å². The summed E-state index contributed by atoms with van der Waals surface area (Å²) in [6, 6.07) is 22.9. The molecule has 35 heavy (non-hydrogen) atoms. The van der Waals surface area contributed by atoms with Crippen LogP contribution in [0.15, 0.2) is 88.6 Å². The van der Waals surface area contributed by atoms with Crippen LogP contribution < -0.4 is 5.56 Å². The number of hydrogen-bond donors (Lipinski definition) is 1. The minimum atomic E-state index is -0.527. The number of nitrogens with one attached hydrogen (secondary N) is 1. The second-order valence-corrected chi connectivity index (χ2v) is 7.71. The van der Waals surface area contributed by atoms with Gasteiger partial charge in [-0.3, -0.25) is 29.8 Å². The number of aromatic nitrogens is 2. The van der Waals surface area contributed by atoms with E-state index >= 15 is 0 Å². The number of esters is 1. The van der Waals surface area contributed by atoms with Gasteiger partial charge in [-0.1, -0.05) is 48.5 Å². The zero-order valence-electron chi connectivity index (χ0n) is 19.1. The number of nitro benzene ring substituents is 1. The summed E-state index contributed by atoms with van der Waals surface area (Å²) < 4.78 is 6.03. The van der Waals surface area contributed by atoms with E-state index in [0.29, 0.717) is 22.8 Å². The number of methoxy groups -OCH3 is 1. The molecule has 1 aromatic heterocycles. The molecule has 0 saturated heterocycles. The van der Waals surface area contributed by atoms with Gasteiger partial charge in [0.05, 0.1) is 46.8 Å². The number of ether oxygens (including phenoxy) is 1. The van der Waals surface area contributed by atoms with Gasteiger partial charge in [0.2, 0.25) is 0 Å². The van der Waals surface area contributed by atoms with Crippen LogP contribution in [0.2, 0.25) is 0 Å². The number of non-ortho nitro benzene ring substituents is 1. The molecule has 0 radical (unpaired) electrons. The van der Waals surface area contributed by atoms with Gasteiger partial charge in [-0.2, -0.15) is 0 Å². The van der Waals surface area contributed by atoms with Crippen LogP contribution in [0.25, 0.3) is 16.8 Å². The average Bonchev–Trinajstić information content (AvgIpc) is 3.20. The number of rotatable bonds is 7. The highest BCUT2D eigenvalue weighted by atomic mass is 16.6. The lowest BCUT2D eigenvalue weighted by Crippen LogP contribution is -2.20. The molecule has 0 aliphatic rings. The molecular weight excluding hydrogens is 448 g/mol. The maximum atomic E-state index is 13.4. The predicted octanol–water partition coefficient (Wildman–Crippen LogP) is 4.60. The average molecular weight is 470 g/mol. The van der Waals surface area contributed by atoms with Crippen molar-refractivity contribution in [3.63, 3.8) is 0 Å². The van der Waals surface area contributed by atoms with Crippen LogP contribution in [-0.4, -0.2) is 33.5 Å². The van der Waals surface area contributed by atoms with E-state index in [4.69, 9.17) is 9.73 Å². The maximum Gasteiger partial charge on any atom is 0.311 e. The van der Waals surface area contributed by atoms with Crippen LogP contribution in [0.4, 0.5) is 11.4 Å². The van der Waals surface area contributed by atoms with Crippen LogP contribution in [0.1, 0.15) is 18.2 Å². The Morgan fingerprint density at radius 2 is 1.69 bits per heavy atom. The second kappa shape index (κ2) is 10.0. The Kier molecular flexibility index (Phi) is 6.68. The van der Waals surface area contributed by atoms with Crippen molar-refractivity contribution in [2.75, 3.05) is 7.11 Å². The van der Waals surface area contributed by atoms with Crippen LogP contribution in [0.3, 0.4) is 0 Å². The summed E-state index contributed by atoms with van der Waals surface area (Å²) in [4.78, 5) is 40.7. The van der Waals surface area contributed by atoms with Gasteiger partial charge < -0.3 is 4.74 Å². The zero-order valence-corrected chi connectivity index (χ0v) is 19.1. The maximum absolute atomic E-state index is 13.4. The summed E-state index contributed by atoms with van der Waals surface area (Å²) in [5.41, 5.74) is 3.37. The van der Waals surface area contributed by atoms with Gasteiger partial charge >= 0.3 is 5.97 Å². The standard InChI is InChI=1S/C26H22N4O5/c1-17(27-22-11-7-6-10-21(22)18-8-4-3-5-9-18)25-23(16-24(31)35-2)28-29(26(25)32)19-12-14-20(15-13-19)30(33)34/h3-15,28H,16H2,1-2H3. The number of nitrogens with zero attached hydrogens (tertiary/aromatic N) is 3. The number of nitro groups is 1. The fourth-order valence-electron chi connectivity index (χ4n) is 3.77. The molecule has 9 heteroatoms. The van der Waals surface area contributed by atoms with E-state index in [1.54, 1.807) is 6.92 Å². The molecule has 1 N–H and O–H groups in total. The van der Waals surface area contributed by atoms with Crippen molar-refractivity contribution in [1.82, 2.24) is 9.78 Å². The number of benzene rings is 3. The molecule has 0 unspecified atom stereocenters. The van der Waals surface area contributed by atoms with Crippen molar-refractivity contribution in [1.29, 1.82) is 0 Å². The molecule has 3 aromatic carbocycles. The molecular formula is C26H22N4O5. The molecule has 0 bridgehead atoms. The lowest BCUT2D eigenvalue weighted by Gasteiger charge is -2.07. The molecule has 0 spiro atoms. The Labute approximate surface area is 200 Å². The van der Waals surface area contributed by atoms with E-state index in [2.05, 4.69) is 5.10 Å². The summed E-state index contributed by atoms with van der Waals surface area (Å²) in [7, 11) is 1.27. The van der Waals surface area contributed by atoms with Crippen LogP contribution >= 0.6 is 0 Å². The van der Waals surface area contributed by atoms with Crippen molar-refractivity contribution >= 4 is 23.1 Å². The quantitative estimate of drug-likeness (QED) is 0.183. The predicted molar refractivity (Wildman–Crippen MR) is 133 cm³/mol. The monoisotopic (exact) mass is 470 g/mol. The van der Waals surface area contributed by atoms with Crippen molar-refractivity contribution in [2.45, 2.75) is 13.3 Å². The highest BCUT2D eigenvalue weighted by Crippen LogP contribution is 2.30. The van der Waals surface area contributed by atoms with Gasteiger partial charge in [0.1, 0.15) is 0 Å². The van der Waals surface area contributed by atoms with Gasteiger partial charge in [0.25, 0.3) is 11.2 Å². The fraction of sp³-hybridized carbons (Fsp3) is 0.115. The van der Waals surface area contributed by atoms with Gasteiger partial charge in [-0.05, 0) is 30.7 Å². The first kappa shape index (κ1) is 23.4. The van der Waals surface area contributed by atoms with Gasteiger partial charge in [0.15, 0.2) is 0 Å². The van der Waals surface area contributed by atoms with Gasteiger partial charge in [0, 0.05) is 17.7 Å². The van der Waals surface area contributed by atoms with Crippen molar-refractivity contribution in [3.05, 3.63) is 111 Å². The molecule has 0 aliphatic carbocycles. The molecule has 9 nitrogen and oxygen atoms in total. The largest absolute Gasteiger partial charge is 0.469 e. The van der Waals surface area contributed by atoms with Crippen molar-refractivity contribution < 1.29 is 14.5 Å². The summed E-state index contributed by atoms with van der Waals surface area (Å²) in [6.45, 7) is 1.70. The van der Waals surface area contributed by atoms with E-state index in [1.807, 2.05) is 54.6 Å². The molecule has 0 amide bonds. The Bertz CT molecular complexity index is 1470. The molecule has 0 fully saturated rings. The Hall–Kier alpha value is -4.79. The first-order valence-corrected chi connectivity index (χ1v) is 10.7. The number of carbonyl (C=O) groups is 1. The van der Waals surface area contributed by atoms with E-state index in [-0.39, 0.29) is 17.7 Å². The Balaban J connectivity index is 1.83. The molecule has 0 saturated carbocycles. The first-order chi connectivity index (χ1) is 16.9. The highest BCUT2D eigenvalue weighted by Gasteiger charge is 2.21. The van der Waals surface area contributed by atoms with Crippen molar-refractivity contribution in [2.24, 2.45) is 4.99 Å². The number of carbonyl (C=O) groups excluding carboxylic acids is 1. The number of aliphatic imine (C=N–C) groups is 1. The smallest absolute Gasteiger partial charge is 0.311 e. The lowest BCUT2D eigenvalue weighted by atomic mass is 10.0. The number of aromatic amines is 1. The van der Waals surface area contributed by atoms with Gasteiger partial charge in [-0.15, -0.1) is 0 Å². The lowest BCUT2D eigenvalue weighted by molar-refractivity contribution is -0.384. The summed E-state index contributed by atoms with van der Waals surface area (Å²) in [6.07, 6.45) is -0.172. The number of para-hydroxylation sites is 1. The molecule has 0 atom stereocenters. The molecule has 1 heterocycles. The van der Waals surface area contributed by atoms with Crippen LogP contribution in [0, 0.1) is 10.1 Å². The van der Waals surface area contributed by atoms with Crippen molar-refractivity contribution in [3.8, 4) is 16.8 Å². The summed E-state index contributed by atoms with van der Waals surface area (Å²) in [5, 5.41) is 13.9. The van der Waals surface area contributed by atoms with Crippen LogP contribution in [-0.2, 0) is 16.0 Å². The third-order valence-electron chi connectivity index (χ3n) is 5.47. The first-order valence-electron chi connectivity index (χ1n) is 10.7. The topological polar surface area (TPSA) is 120 Å². The van der Waals surface area contributed by atoms with E-state index in [1.165, 1.54) is 36.1 Å². The second-order valence-electron chi connectivity index (χ2n) is 7.71. The molecule has 0 aliphatic heterocycles. The summed E-state index contributed by atoms with van der Waals surface area (Å²) in [5.74, 6) is -0.527. The highest BCUT2D eigenvalue weighted by molar-refractivity contribution is 6.02. The SMILES string of the molecule is COC(=O)Cc1[nH]n(-c2ccc([N+](=O)[O-])cc2)c(=O)c1C(C)=Nc1ccccc1-c1ccccc1. The number of hydrogen-bond acceptors (Lipinski definition) is 6. The fourth-order valence-corrected chi connectivity index (χ4v) is 3.77. The molecule has 4 aromatic rings. The third kappa shape index (κ3) is 4.93. The van der Waals surface area contributed by atoms with Gasteiger partial charge in [-0.25, -0.2) is 4.68 Å². The molecule has 176 valence electrons. The summed E-state index contributed by atoms with van der Waals surface area (Å²) >= 11 is 0. The normalized spacial score (nSPS) is 11.3. The minimum absolute atomic E-state index is 0.0985. The molecule has 4 rings (SSSR count). The zero-order chi connectivity index (χ0) is 24.9. The van der Waals surface area contributed by atoms with E-state index < -0.39 is 16.5 Å². The van der Waals surface area contributed by atoms with Crippen LogP contribution in [0.5, 0.6) is 0 Å².